The van der Waals surface area contributed by atoms with Gasteiger partial charge in [0.25, 0.3) is 11.8 Å². The van der Waals surface area contributed by atoms with Crippen LogP contribution in [-0.2, 0) is 11.3 Å². The smallest absolute Gasteiger partial charge is 0.271 e. The van der Waals surface area contributed by atoms with E-state index in [-0.39, 0.29) is 18.4 Å². The van der Waals surface area contributed by atoms with Crippen molar-refractivity contribution in [2.45, 2.75) is 12.6 Å². The van der Waals surface area contributed by atoms with Gasteiger partial charge in [-0.25, -0.2) is 4.98 Å². The highest BCUT2D eigenvalue weighted by Crippen LogP contribution is 2.31. The van der Waals surface area contributed by atoms with E-state index in [4.69, 9.17) is 9.47 Å². The van der Waals surface area contributed by atoms with Crippen LogP contribution in [0.2, 0.25) is 0 Å². The van der Waals surface area contributed by atoms with E-state index in [2.05, 4.69) is 10.3 Å². The van der Waals surface area contributed by atoms with Crippen molar-refractivity contribution in [1.82, 2.24) is 19.8 Å². The number of hydrogen-bond acceptors (Lipinski definition) is 5. The van der Waals surface area contributed by atoms with E-state index in [0.29, 0.717) is 43.5 Å². The molecular formula is C29H28N4O4. The fraction of sp³-hybridized carbons (Fsp3) is 0.207. The Morgan fingerprint density at radius 3 is 2.14 bits per heavy atom. The first-order chi connectivity index (χ1) is 18.2. The van der Waals surface area contributed by atoms with Crippen LogP contribution in [0.4, 0.5) is 0 Å². The Labute approximate surface area is 215 Å². The van der Waals surface area contributed by atoms with Crippen LogP contribution in [0.5, 0.6) is 11.5 Å². The lowest BCUT2D eigenvalue weighted by Gasteiger charge is -2.36. The first kappa shape index (κ1) is 24.1. The molecule has 0 fully saturated rings. The average Bonchev–Trinajstić information content (AvgIpc) is 3.40. The minimum absolute atomic E-state index is 0.0805. The molecule has 3 aromatic carbocycles. The monoisotopic (exact) mass is 496 g/mol. The number of amides is 2. The minimum Gasteiger partial charge on any atom is -0.492 e. The second-order valence-corrected chi connectivity index (χ2v) is 8.60. The third kappa shape index (κ3) is 5.81. The zero-order valence-electron chi connectivity index (χ0n) is 20.3. The summed E-state index contributed by atoms with van der Waals surface area (Å²) in [5.41, 5.74) is 1.23. The van der Waals surface area contributed by atoms with Gasteiger partial charge in [0, 0.05) is 19.3 Å². The summed E-state index contributed by atoms with van der Waals surface area (Å²) < 4.78 is 13.3. The third-order valence-corrected chi connectivity index (χ3v) is 6.12. The molecule has 188 valence electrons. The summed E-state index contributed by atoms with van der Waals surface area (Å²) in [4.78, 5) is 32.6. The van der Waals surface area contributed by atoms with E-state index in [9.17, 15) is 9.59 Å². The fourth-order valence-electron chi connectivity index (χ4n) is 4.34. The summed E-state index contributed by atoms with van der Waals surface area (Å²) in [6, 6.07) is 28.0. The summed E-state index contributed by atoms with van der Waals surface area (Å²) in [5.74, 6) is 1.62. The normalized spacial score (nSPS) is 14.5. The zero-order valence-corrected chi connectivity index (χ0v) is 20.3. The van der Waals surface area contributed by atoms with E-state index in [0.717, 1.165) is 11.3 Å². The number of para-hydroxylation sites is 2. The Balaban J connectivity index is 1.29. The van der Waals surface area contributed by atoms with Crippen LogP contribution < -0.4 is 14.8 Å². The number of aromatic nitrogens is 2. The van der Waals surface area contributed by atoms with Gasteiger partial charge in [0.2, 0.25) is 0 Å². The van der Waals surface area contributed by atoms with Crippen LogP contribution in [0.1, 0.15) is 27.9 Å². The van der Waals surface area contributed by atoms with E-state index in [1.807, 2.05) is 95.6 Å². The number of carbonyl (C=O) groups excluding carboxylic acids is 2. The molecule has 8 nitrogen and oxygen atoms in total. The van der Waals surface area contributed by atoms with Crippen LogP contribution in [-0.4, -0.2) is 52.6 Å². The Hall–Kier alpha value is -4.59. The van der Waals surface area contributed by atoms with Gasteiger partial charge in [-0.05, 0) is 29.8 Å². The van der Waals surface area contributed by atoms with Gasteiger partial charge < -0.3 is 24.3 Å². The van der Waals surface area contributed by atoms with Crippen molar-refractivity contribution in [3.05, 3.63) is 114 Å². The van der Waals surface area contributed by atoms with Crippen molar-refractivity contribution in [1.29, 1.82) is 0 Å². The molecule has 0 saturated heterocycles. The highest BCUT2D eigenvalue weighted by atomic mass is 16.5. The number of rotatable bonds is 9. The van der Waals surface area contributed by atoms with Gasteiger partial charge in [0.05, 0.1) is 6.54 Å². The molecule has 1 aromatic heterocycles. The maximum atomic E-state index is 13.3. The molecule has 0 saturated carbocycles. The predicted molar refractivity (Wildman–Crippen MR) is 138 cm³/mol. The molecule has 0 spiro atoms. The molecule has 1 unspecified atom stereocenters. The number of nitrogens with one attached hydrogen (secondary N) is 1. The van der Waals surface area contributed by atoms with Gasteiger partial charge in [-0.3, -0.25) is 9.59 Å². The van der Waals surface area contributed by atoms with Crippen molar-refractivity contribution >= 4 is 11.8 Å². The van der Waals surface area contributed by atoms with Gasteiger partial charge in [0.15, 0.2) is 6.61 Å². The minimum atomic E-state index is -0.426. The number of benzene rings is 3. The van der Waals surface area contributed by atoms with Crippen molar-refractivity contribution in [3.63, 3.8) is 0 Å². The maximum Gasteiger partial charge on any atom is 0.271 e. The topological polar surface area (TPSA) is 85.7 Å². The van der Waals surface area contributed by atoms with E-state index in [1.165, 1.54) is 0 Å². The predicted octanol–water partition coefficient (Wildman–Crippen LogP) is 3.70. The van der Waals surface area contributed by atoms with Crippen molar-refractivity contribution < 1.29 is 19.1 Å². The van der Waals surface area contributed by atoms with Crippen LogP contribution in [0, 0.1) is 0 Å². The quantitative estimate of drug-likeness (QED) is 0.357. The highest BCUT2D eigenvalue weighted by molar-refractivity contribution is 5.92. The van der Waals surface area contributed by atoms with Crippen LogP contribution >= 0.6 is 0 Å². The lowest BCUT2D eigenvalue weighted by atomic mass is 10.0. The van der Waals surface area contributed by atoms with E-state index in [1.54, 1.807) is 11.1 Å². The van der Waals surface area contributed by atoms with Crippen molar-refractivity contribution in [2.75, 3.05) is 26.3 Å². The number of nitrogens with zero attached hydrogens (tertiary/aromatic N) is 3. The molecule has 1 atom stereocenters. The number of carbonyl (C=O) groups is 2. The van der Waals surface area contributed by atoms with Crippen LogP contribution in [0.3, 0.4) is 0 Å². The highest BCUT2D eigenvalue weighted by Gasteiger charge is 2.35. The molecule has 5 rings (SSSR count). The van der Waals surface area contributed by atoms with Crippen LogP contribution in [0.15, 0.2) is 97.2 Å². The largest absolute Gasteiger partial charge is 0.492 e. The molecule has 1 N–H and O–H groups in total. The molecule has 0 bridgehead atoms. The van der Waals surface area contributed by atoms with E-state index >= 15 is 0 Å². The fourth-order valence-corrected chi connectivity index (χ4v) is 4.34. The Bertz CT molecular complexity index is 1330. The molecule has 4 aromatic rings. The van der Waals surface area contributed by atoms with Gasteiger partial charge in [0.1, 0.15) is 35.7 Å². The van der Waals surface area contributed by atoms with Gasteiger partial charge in [-0.2, -0.15) is 0 Å². The maximum absolute atomic E-state index is 13.3. The molecule has 2 heterocycles. The summed E-state index contributed by atoms with van der Waals surface area (Å²) in [7, 11) is 0. The van der Waals surface area contributed by atoms with Gasteiger partial charge >= 0.3 is 0 Å². The van der Waals surface area contributed by atoms with Gasteiger partial charge in [-0.1, -0.05) is 66.7 Å². The third-order valence-electron chi connectivity index (χ3n) is 6.12. The lowest BCUT2D eigenvalue weighted by molar-refractivity contribution is -0.136. The van der Waals surface area contributed by atoms with Crippen LogP contribution in [0.25, 0.3) is 0 Å². The summed E-state index contributed by atoms with van der Waals surface area (Å²) in [6.45, 7) is 1.63. The SMILES string of the molecule is O=C(NCCOc1ccccc1)c1cn2c(n1)C(c1ccccc1)N(C(=O)COc1ccccc1)CC2. The first-order valence-electron chi connectivity index (χ1n) is 12.2. The number of fused-ring (bicyclic) bond motifs is 1. The lowest BCUT2D eigenvalue weighted by Crippen LogP contribution is -2.44. The van der Waals surface area contributed by atoms with Crippen molar-refractivity contribution in [3.8, 4) is 11.5 Å². The first-order valence-corrected chi connectivity index (χ1v) is 12.2. The Kier molecular flexibility index (Phi) is 7.45. The Morgan fingerprint density at radius 1 is 0.838 bits per heavy atom. The average molecular weight is 497 g/mol. The standard InChI is InChI=1S/C29H28N4O4/c34-26(21-37-24-14-8-3-9-15-24)33-18-17-32-20-25(31-28(32)27(33)22-10-4-1-5-11-22)29(35)30-16-19-36-23-12-6-2-7-13-23/h1-15,20,27H,16-19,21H2,(H,30,35). The van der Waals surface area contributed by atoms with Crippen molar-refractivity contribution in [2.24, 2.45) is 0 Å². The Morgan fingerprint density at radius 2 is 1.46 bits per heavy atom. The number of imidazole rings is 1. The summed E-state index contributed by atoms with van der Waals surface area (Å²) in [5, 5.41) is 2.87. The molecule has 37 heavy (non-hydrogen) atoms. The molecule has 0 radical (unpaired) electrons. The molecule has 1 aliphatic rings. The second-order valence-electron chi connectivity index (χ2n) is 8.60. The number of ether oxygens (including phenoxy) is 2. The zero-order chi connectivity index (χ0) is 25.5. The molecule has 0 aliphatic carbocycles. The van der Waals surface area contributed by atoms with E-state index < -0.39 is 6.04 Å². The molecule has 2 amide bonds. The summed E-state index contributed by atoms with van der Waals surface area (Å²) >= 11 is 0. The number of hydrogen-bond donors (Lipinski definition) is 1. The molecular weight excluding hydrogens is 468 g/mol. The molecule has 8 heteroatoms. The summed E-state index contributed by atoms with van der Waals surface area (Å²) in [6.07, 6.45) is 1.75. The second kappa shape index (κ2) is 11.4. The molecule has 1 aliphatic heterocycles. The van der Waals surface area contributed by atoms with Gasteiger partial charge in [-0.15, -0.1) is 0 Å².